The van der Waals surface area contributed by atoms with Crippen molar-refractivity contribution in [3.8, 4) is 5.75 Å². The molecule has 0 saturated carbocycles. The molecule has 0 amide bonds. The maximum atomic E-state index is 13.5. The molecule has 5 heteroatoms. The van der Waals surface area contributed by atoms with Crippen LogP contribution in [-0.2, 0) is 0 Å². The Bertz CT molecular complexity index is 509. The normalized spacial score (nSPS) is 26.4. The highest BCUT2D eigenvalue weighted by atomic mass is 19.1. The average Bonchev–Trinajstić information content (AvgIpc) is 2.95. The molecule has 2 aliphatic rings. The number of anilines is 1. The fraction of sp³-hybridized carbons (Fsp3) is 0.647. The van der Waals surface area contributed by atoms with Crippen LogP contribution in [0.25, 0.3) is 0 Å². The first-order valence-corrected chi connectivity index (χ1v) is 8.11. The van der Waals surface area contributed by atoms with Crippen molar-refractivity contribution in [2.75, 3.05) is 57.8 Å². The lowest BCUT2D eigenvalue weighted by Crippen LogP contribution is -2.49. The molecule has 1 atom stereocenters. The molecule has 0 bridgehead atoms. The van der Waals surface area contributed by atoms with Gasteiger partial charge in [0.15, 0.2) is 11.6 Å². The quantitative estimate of drug-likeness (QED) is 0.920. The number of ether oxygens (including phenoxy) is 1. The van der Waals surface area contributed by atoms with E-state index in [0.717, 1.165) is 45.0 Å². The van der Waals surface area contributed by atoms with Crippen molar-refractivity contribution in [3.05, 3.63) is 24.0 Å². The Morgan fingerprint density at radius 3 is 2.68 bits per heavy atom. The van der Waals surface area contributed by atoms with E-state index in [4.69, 9.17) is 4.74 Å². The summed E-state index contributed by atoms with van der Waals surface area (Å²) >= 11 is 0. The third kappa shape index (κ3) is 3.36. The molecule has 1 aromatic carbocycles. The van der Waals surface area contributed by atoms with Gasteiger partial charge in [0.25, 0.3) is 0 Å². The van der Waals surface area contributed by atoms with Crippen molar-refractivity contribution in [1.29, 1.82) is 0 Å². The minimum absolute atomic E-state index is 0.299. The van der Waals surface area contributed by atoms with Gasteiger partial charge in [-0.3, -0.25) is 4.90 Å². The number of hydrogen-bond donors (Lipinski definition) is 1. The monoisotopic (exact) mass is 307 g/mol. The average molecular weight is 307 g/mol. The summed E-state index contributed by atoms with van der Waals surface area (Å²) in [6.07, 6.45) is 1.27. The summed E-state index contributed by atoms with van der Waals surface area (Å²) in [5.41, 5.74) is 1.47. The van der Waals surface area contributed by atoms with Gasteiger partial charge in [-0.2, -0.15) is 0 Å². The van der Waals surface area contributed by atoms with E-state index in [1.54, 1.807) is 6.07 Å². The van der Waals surface area contributed by atoms with E-state index in [1.165, 1.54) is 26.1 Å². The lowest BCUT2D eigenvalue weighted by molar-refractivity contribution is 0.169. The largest absolute Gasteiger partial charge is 0.494 e. The number of hydrogen-bond acceptors (Lipinski definition) is 4. The summed E-state index contributed by atoms with van der Waals surface area (Å²) in [5, 5.41) is 3.47. The molecular weight excluding hydrogens is 281 g/mol. The predicted molar refractivity (Wildman–Crippen MR) is 87.2 cm³/mol. The number of methoxy groups -OCH3 is 1. The molecule has 2 aliphatic heterocycles. The summed E-state index contributed by atoms with van der Waals surface area (Å²) in [7, 11) is 1.51. The van der Waals surface area contributed by atoms with Gasteiger partial charge in [-0.1, -0.05) is 6.92 Å². The van der Waals surface area contributed by atoms with E-state index in [2.05, 4.69) is 22.0 Å². The number of nitrogens with one attached hydrogen (secondary N) is 1. The number of benzene rings is 1. The molecule has 1 unspecified atom stereocenters. The van der Waals surface area contributed by atoms with Crippen LogP contribution in [0.5, 0.6) is 5.75 Å². The molecule has 2 heterocycles. The van der Waals surface area contributed by atoms with Gasteiger partial charge in [0.1, 0.15) is 0 Å². The molecule has 3 rings (SSSR count). The number of piperazine rings is 1. The van der Waals surface area contributed by atoms with Crippen molar-refractivity contribution in [1.82, 2.24) is 10.2 Å². The number of nitrogens with zero attached hydrogens (tertiary/aromatic N) is 2. The van der Waals surface area contributed by atoms with Gasteiger partial charge in [-0.25, -0.2) is 4.39 Å². The molecule has 0 radical (unpaired) electrons. The molecule has 2 saturated heterocycles. The second-order valence-electron chi connectivity index (χ2n) is 6.82. The van der Waals surface area contributed by atoms with Gasteiger partial charge in [0.2, 0.25) is 0 Å². The van der Waals surface area contributed by atoms with Gasteiger partial charge in [0, 0.05) is 51.0 Å². The molecule has 0 aliphatic carbocycles. The highest BCUT2D eigenvalue weighted by Gasteiger charge is 2.31. The van der Waals surface area contributed by atoms with Crippen molar-refractivity contribution < 1.29 is 9.13 Å². The van der Waals surface area contributed by atoms with Gasteiger partial charge in [-0.15, -0.1) is 0 Å². The van der Waals surface area contributed by atoms with E-state index in [-0.39, 0.29) is 5.82 Å². The van der Waals surface area contributed by atoms with Crippen molar-refractivity contribution in [2.24, 2.45) is 5.41 Å². The van der Waals surface area contributed by atoms with Crippen LogP contribution in [0.15, 0.2) is 18.2 Å². The lowest BCUT2D eigenvalue weighted by atomic mass is 9.89. The van der Waals surface area contributed by atoms with Crippen molar-refractivity contribution in [2.45, 2.75) is 13.3 Å². The summed E-state index contributed by atoms with van der Waals surface area (Å²) in [6.45, 7) is 9.92. The first kappa shape index (κ1) is 15.6. The summed E-state index contributed by atoms with van der Waals surface area (Å²) in [6, 6.07) is 5.13. The first-order chi connectivity index (χ1) is 10.6. The zero-order valence-corrected chi connectivity index (χ0v) is 13.6. The summed E-state index contributed by atoms with van der Waals surface area (Å²) in [4.78, 5) is 4.87. The molecule has 122 valence electrons. The SMILES string of the molecule is COc1cc(N2CCN(CC3(C)CCNC3)CC2)ccc1F. The van der Waals surface area contributed by atoms with Crippen LogP contribution < -0.4 is 15.0 Å². The third-order valence-corrected chi connectivity index (χ3v) is 4.93. The van der Waals surface area contributed by atoms with E-state index in [0.29, 0.717) is 11.2 Å². The van der Waals surface area contributed by atoms with Gasteiger partial charge < -0.3 is 15.0 Å². The molecular formula is C17H26FN3O. The summed E-state index contributed by atoms with van der Waals surface area (Å²) in [5.74, 6) is 0.0241. The molecule has 4 nitrogen and oxygen atoms in total. The van der Waals surface area contributed by atoms with Crippen molar-refractivity contribution in [3.63, 3.8) is 0 Å². The van der Waals surface area contributed by atoms with Crippen LogP contribution in [-0.4, -0.2) is 57.8 Å². The van der Waals surface area contributed by atoms with Crippen LogP contribution in [0.1, 0.15) is 13.3 Å². The zero-order chi connectivity index (χ0) is 15.6. The zero-order valence-electron chi connectivity index (χ0n) is 13.6. The fourth-order valence-electron chi connectivity index (χ4n) is 3.55. The first-order valence-electron chi connectivity index (χ1n) is 8.11. The Kier molecular flexibility index (Phi) is 4.54. The molecule has 1 aromatic rings. The van der Waals surface area contributed by atoms with E-state index in [9.17, 15) is 4.39 Å². The fourth-order valence-corrected chi connectivity index (χ4v) is 3.55. The van der Waals surface area contributed by atoms with Crippen LogP contribution in [0, 0.1) is 11.2 Å². The molecule has 0 spiro atoms. The van der Waals surface area contributed by atoms with Gasteiger partial charge >= 0.3 is 0 Å². The number of rotatable bonds is 4. The van der Waals surface area contributed by atoms with Crippen LogP contribution in [0.4, 0.5) is 10.1 Å². The van der Waals surface area contributed by atoms with Crippen LogP contribution in [0.2, 0.25) is 0 Å². The smallest absolute Gasteiger partial charge is 0.165 e. The summed E-state index contributed by atoms with van der Waals surface area (Å²) < 4.78 is 18.6. The molecule has 1 N–H and O–H groups in total. The van der Waals surface area contributed by atoms with Crippen molar-refractivity contribution >= 4 is 5.69 Å². The maximum absolute atomic E-state index is 13.5. The van der Waals surface area contributed by atoms with Gasteiger partial charge in [0.05, 0.1) is 7.11 Å². The Hall–Kier alpha value is -1.33. The van der Waals surface area contributed by atoms with Gasteiger partial charge in [-0.05, 0) is 30.5 Å². The Balaban J connectivity index is 1.57. The topological polar surface area (TPSA) is 27.7 Å². The lowest BCUT2D eigenvalue weighted by Gasteiger charge is -2.39. The molecule has 22 heavy (non-hydrogen) atoms. The van der Waals surface area contributed by atoms with E-state index < -0.39 is 0 Å². The molecule has 0 aromatic heterocycles. The Labute approximate surface area is 132 Å². The van der Waals surface area contributed by atoms with Crippen LogP contribution in [0.3, 0.4) is 0 Å². The van der Waals surface area contributed by atoms with E-state index >= 15 is 0 Å². The number of halogens is 1. The minimum atomic E-state index is -0.299. The molecule has 2 fully saturated rings. The highest BCUT2D eigenvalue weighted by Crippen LogP contribution is 2.28. The second-order valence-corrected chi connectivity index (χ2v) is 6.82. The maximum Gasteiger partial charge on any atom is 0.165 e. The predicted octanol–water partition coefficient (Wildman–Crippen LogP) is 1.96. The third-order valence-electron chi connectivity index (χ3n) is 4.93. The van der Waals surface area contributed by atoms with Crippen LogP contribution >= 0.6 is 0 Å². The minimum Gasteiger partial charge on any atom is -0.494 e. The highest BCUT2D eigenvalue weighted by molar-refractivity contribution is 5.51. The Morgan fingerprint density at radius 1 is 1.27 bits per heavy atom. The van der Waals surface area contributed by atoms with E-state index in [1.807, 2.05) is 6.07 Å². The Morgan fingerprint density at radius 2 is 2.05 bits per heavy atom. The standard InChI is InChI=1S/C17H26FN3O/c1-17(5-6-19-12-17)13-20-7-9-21(10-8-20)14-3-4-15(18)16(11-14)22-2/h3-4,11,19H,5-10,12-13H2,1-2H3. The second kappa shape index (κ2) is 6.42.